The van der Waals surface area contributed by atoms with Gasteiger partial charge in [0.05, 0.1) is 6.42 Å². The summed E-state index contributed by atoms with van der Waals surface area (Å²) in [5.74, 6) is -1.14. The maximum Gasteiger partial charge on any atom is 0.305 e. The molecule has 0 spiro atoms. The Hall–Kier alpha value is -2.17. The van der Waals surface area contributed by atoms with Crippen LogP contribution in [0.5, 0.6) is 0 Å². The van der Waals surface area contributed by atoms with Crippen molar-refractivity contribution in [3.63, 3.8) is 0 Å². The number of amides is 1. The van der Waals surface area contributed by atoms with E-state index >= 15 is 0 Å². The number of carbonyl (C=O) groups excluding carboxylic acids is 2. The summed E-state index contributed by atoms with van der Waals surface area (Å²) in [5.41, 5.74) is 1.17. The number of anilines is 1. The van der Waals surface area contributed by atoms with E-state index in [1.807, 2.05) is 0 Å². The van der Waals surface area contributed by atoms with Crippen molar-refractivity contribution < 1.29 is 19.5 Å². The maximum atomic E-state index is 11.8. The average Bonchev–Trinajstić information content (AvgIpc) is 2.38. The van der Waals surface area contributed by atoms with E-state index in [0.29, 0.717) is 17.7 Å². The summed E-state index contributed by atoms with van der Waals surface area (Å²) < 4.78 is 0. The van der Waals surface area contributed by atoms with E-state index < -0.39 is 5.97 Å². The summed E-state index contributed by atoms with van der Waals surface area (Å²) in [7, 11) is 0. The summed E-state index contributed by atoms with van der Waals surface area (Å²) in [6, 6.07) is 6.58. The molecule has 0 unspecified atom stereocenters. The van der Waals surface area contributed by atoms with Crippen LogP contribution in [0.1, 0.15) is 37.0 Å². The van der Waals surface area contributed by atoms with Crippen molar-refractivity contribution in [1.29, 1.82) is 0 Å². The molecule has 0 aliphatic heterocycles. The van der Waals surface area contributed by atoms with Crippen molar-refractivity contribution in [3.05, 3.63) is 29.8 Å². The summed E-state index contributed by atoms with van der Waals surface area (Å²) in [6.07, 6.45) is 0.189. The van der Waals surface area contributed by atoms with E-state index in [0.717, 1.165) is 0 Å². The first-order valence-electron chi connectivity index (χ1n) is 6.09. The highest BCUT2D eigenvalue weighted by molar-refractivity contribution is 5.96. The van der Waals surface area contributed by atoms with Crippen LogP contribution in [0, 0.1) is 0 Å². The van der Waals surface area contributed by atoms with Gasteiger partial charge in [0.25, 0.3) is 0 Å². The van der Waals surface area contributed by atoms with Gasteiger partial charge in [-0.05, 0) is 31.2 Å². The molecule has 19 heavy (non-hydrogen) atoms. The van der Waals surface area contributed by atoms with Crippen molar-refractivity contribution in [2.75, 3.05) is 11.4 Å². The largest absolute Gasteiger partial charge is 0.481 e. The van der Waals surface area contributed by atoms with E-state index in [9.17, 15) is 14.4 Å². The summed E-state index contributed by atoms with van der Waals surface area (Å²) >= 11 is 0. The Morgan fingerprint density at radius 3 is 2.16 bits per heavy atom. The molecule has 0 saturated heterocycles. The molecule has 0 fully saturated rings. The molecule has 0 aliphatic rings. The number of carboxylic acids is 1. The number of hydrogen-bond acceptors (Lipinski definition) is 3. The Morgan fingerprint density at radius 2 is 1.74 bits per heavy atom. The Labute approximate surface area is 111 Å². The van der Waals surface area contributed by atoms with Gasteiger partial charge in [0.15, 0.2) is 5.78 Å². The molecule has 1 rings (SSSR count). The third-order valence-corrected chi connectivity index (χ3v) is 2.74. The molecule has 1 aromatic rings. The van der Waals surface area contributed by atoms with Gasteiger partial charge in [-0.1, -0.05) is 6.92 Å². The van der Waals surface area contributed by atoms with Gasteiger partial charge >= 0.3 is 5.97 Å². The third-order valence-electron chi connectivity index (χ3n) is 2.74. The van der Waals surface area contributed by atoms with Crippen LogP contribution in [0.3, 0.4) is 0 Å². The molecule has 5 nitrogen and oxygen atoms in total. The van der Waals surface area contributed by atoms with Crippen LogP contribution < -0.4 is 4.90 Å². The second-order valence-corrected chi connectivity index (χ2v) is 4.15. The lowest BCUT2D eigenvalue weighted by Crippen LogP contribution is -2.32. The van der Waals surface area contributed by atoms with Gasteiger partial charge in [0.1, 0.15) is 0 Å². The van der Waals surface area contributed by atoms with Crippen molar-refractivity contribution in [2.24, 2.45) is 0 Å². The van der Waals surface area contributed by atoms with E-state index in [1.54, 1.807) is 31.2 Å². The highest BCUT2D eigenvalue weighted by Gasteiger charge is 2.15. The lowest BCUT2D eigenvalue weighted by molar-refractivity contribution is -0.136. The van der Waals surface area contributed by atoms with E-state index in [2.05, 4.69) is 0 Å². The number of nitrogens with zero attached hydrogens (tertiary/aromatic N) is 1. The first kappa shape index (κ1) is 14.9. The van der Waals surface area contributed by atoms with Gasteiger partial charge in [-0.15, -0.1) is 0 Å². The fourth-order valence-corrected chi connectivity index (χ4v) is 1.67. The number of hydrogen-bond donors (Lipinski definition) is 1. The normalized spacial score (nSPS) is 10.0. The Morgan fingerprint density at radius 1 is 1.16 bits per heavy atom. The standard InChI is InChI=1S/C14H17NO4/c1-3-13(17)15(9-8-14(18)19)12-6-4-11(5-7-12)10(2)16/h4-7H,3,8-9H2,1-2H3,(H,18,19). The highest BCUT2D eigenvalue weighted by Crippen LogP contribution is 2.17. The molecule has 0 atom stereocenters. The molecule has 1 aromatic carbocycles. The number of aliphatic carboxylic acids is 1. The Balaban J connectivity index is 2.93. The molecule has 0 aliphatic carbocycles. The minimum Gasteiger partial charge on any atom is -0.481 e. The zero-order chi connectivity index (χ0) is 14.4. The van der Waals surface area contributed by atoms with Crippen molar-refractivity contribution in [2.45, 2.75) is 26.7 Å². The Bertz CT molecular complexity index is 479. The molecule has 5 heteroatoms. The molecule has 0 heterocycles. The van der Waals surface area contributed by atoms with Gasteiger partial charge in [-0.25, -0.2) is 0 Å². The SMILES string of the molecule is CCC(=O)N(CCC(=O)O)c1ccc(C(C)=O)cc1. The monoisotopic (exact) mass is 263 g/mol. The molecule has 0 radical (unpaired) electrons. The van der Waals surface area contributed by atoms with Gasteiger partial charge in [0.2, 0.25) is 5.91 Å². The van der Waals surface area contributed by atoms with Gasteiger partial charge in [-0.2, -0.15) is 0 Å². The van der Waals surface area contributed by atoms with E-state index in [4.69, 9.17) is 5.11 Å². The van der Waals surface area contributed by atoms with Crippen molar-refractivity contribution in [3.8, 4) is 0 Å². The second kappa shape index (κ2) is 6.68. The molecular formula is C14H17NO4. The quantitative estimate of drug-likeness (QED) is 0.797. The van der Waals surface area contributed by atoms with Gasteiger partial charge in [0, 0.05) is 24.2 Å². The predicted molar refractivity (Wildman–Crippen MR) is 71.3 cm³/mol. The molecule has 1 N–H and O–H groups in total. The molecule has 102 valence electrons. The first-order valence-corrected chi connectivity index (χ1v) is 6.09. The first-order chi connectivity index (χ1) is 8.95. The molecule has 1 amide bonds. The number of carbonyl (C=O) groups is 3. The molecular weight excluding hydrogens is 246 g/mol. The predicted octanol–water partition coefficient (Wildman–Crippen LogP) is 2.11. The fourth-order valence-electron chi connectivity index (χ4n) is 1.67. The average molecular weight is 263 g/mol. The van der Waals surface area contributed by atoms with Crippen LogP contribution in [0.15, 0.2) is 24.3 Å². The topological polar surface area (TPSA) is 74.7 Å². The van der Waals surface area contributed by atoms with Crippen LogP contribution in [0.4, 0.5) is 5.69 Å². The van der Waals surface area contributed by atoms with Crippen molar-refractivity contribution in [1.82, 2.24) is 0 Å². The number of rotatable bonds is 6. The minimum absolute atomic E-state index is 0.0505. The smallest absolute Gasteiger partial charge is 0.305 e. The number of benzene rings is 1. The zero-order valence-corrected chi connectivity index (χ0v) is 11.0. The van der Waals surface area contributed by atoms with Crippen molar-refractivity contribution >= 4 is 23.3 Å². The van der Waals surface area contributed by atoms with Crippen LogP contribution in [-0.2, 0) is 9.59 Å². The summed E-state index contributed by atoms with van der Waals surface area (Å²) in [5, 5.41) is 8.70. The molecule has 0 aromatic heterocycles. The van der Waals surface area contributed by atoms with Crippen LogP contribution in [0.2, 0.25) is 0 Å². The van der Waals surface area contributed by atoms with E-state index in [-0.39, 0.29) is 24.7 Å². The minimum atomic E-state index is -0.950. The Kier molecular flexibility index (Phi) is 5.23. The highest BCUT2D eigenvalue weighted by atomic mass is 16.4. The zero-order valence-electron chi connectivity index (χ0n) is 11.0. The number of ketones is 1. The fraction of sp³-hybridized carbons (Fsp3) is 0.357. The van der Waals surface area contributed by atoms with Gasteiger partial charge < -0.3 is 10.0 Å². The lowest BCUT2D eigenvalue weighted by atomic mass is 10.1. The third kappa shape index (κ3) is 4.21. The molecule has 0 saturated carbocycles. The van der Waals surface area contributed by atoms with E-state index in [1.165, 1.54) is 11.8 Å². The number of Topliss-reactive ketones (excluding diaryl/α,β-unsaturated/α-hetero) is 1. The lowest BCUT2D eigenvalue weighted by Gasteiger charge is -2.21. The maximum absolute atomic E-state index is 11.8. The number of carboxylic acid groups (broad SMARTS) is 1. The summed E-state index contributed by atoms with van der Waals surface area (Å²) in [4.78, 5) is 35.0. The summed E-state index contributed by atoms with van der Waals surface area (Å²) in [6.45, 7) is 3.32. The molecule has 0 bridgehead atoms. The van der Waals surface area contributed by atoms with Crippen LogP contribution >= 0.6 is 0 Å². The van der Waals surface area contributed by atoms with Crippen LogP contribution in [-0.4, -0.2) is 29.3 Å². The van der Waals surface area contributed by atoms with Crippen LogP contribution in [0.25, 0.3) is 0 Å². The van der Waals surface area contributed by atoms with Gasteiger partial charge in [-0.3, -0.25) is 14.4 Å². The second-order valence-electron chi connectivity index (χ2n) is 4.15.